The summed E-state index contributed by atoms with van der Waals surface area (Å²) in [6.45, 7) is 0.184. The highest BCUT2D eigenvalue weighted by Gasteiger charge is 2.12. The fraction of sp³-hybridized carbons (Fsp3) is 0.0714. The number of nitrogen functional groups attached to an aromatic ring is 1. The van der Waals surface area contributed by atoms with Gasteiger partial charge in [-0.15, -0.1) is 0 Å². The molecule has 0 atom stereocenters. The van der Waals surface area contributed by atoms with Gasteiger partial charge < -0.3 is 10.5 Å². The number of hydrogen-bond acceptors (Lipinski definition) is 2. The van der Waals surface area contributed by atoms with Crippen LogP contribution in [-0.2, 0) is 6.61 Å². The lowest BCUT2D eigenvalue weighted by Crippen LogP contribution is -2.15. The maximum absolute atomic E-state index is 13.6. The van der Waals surface area contributed by atoms with Crippen LogP contribution in [0.25, 0.3) is 0 Å². The Balaban J connectivity index is 2.23. The number of ether oxygens (including phenoxy) is 1. The first-order valence-electron chi connectivity index (χ1n) is 5.58. The van der Waals surface area contributed by atoms with Crippen molar-refractivity contribution in [2.75, 3.05) is 0 Å². The fourth-order valence-electron chi connectivity index (χ4n) is 1.66. The molecule has 3 nitrogen and oxygen atoms in total. The molecule has 0 saturated heterocycles. The summed E-state index contributed by atoms with van der Waals surface area (Å²) in [5.74, 6) is -0.719. The van der Waals surface area contributed by atoms with Gasteiger partial charge in [0.05, 0.1) is 5.56 Å². The highest BCUT2D eigenvalue weighted by atomic mass is 35.5. The predicted molar refractivity (Wildman–Crippen MR) is 73.2 cm³/mol. The van der Waals surface area contributed by atoms with Crippen molar-refractivity contribution >= 4 is 17.4 Å². The quantitative estimate of drug-likeness (QED) is 0.666. The van der Waals surface area contributed by atoms with Crippen molar-refractivity contribution in [2.24, 2.45) is 5.73 Å². The molecule has 0 unspecified atom stereocenters. The summed E-state index contributed by atoms with van der Waals surface area (Å²) in [5, 5.41) is 7.95. The van der Waals surface area contributed by atoms with E-state index in [1.165, 1.54) is 12.1 Å². The summed E-state index contributed by atoms with van der Waals surface area (Å²) in [4.78, 5) is 0. The van der Waals surface area contributed by atoms with Gasteiger partial charge in [-0.3, -0.25) is 5.41 Å². The van der Waals surface area contributed by atoms with Gasteiger partial charge in [-0.1, -0.05) is 35.9 Å². The Morgan fingerprint density at radius 3 is 2.63 bits per heavy atom. The molecule has 2 aromatic rings. The van der Waals surface area contributed by atoms with Crippen LogP contribution in [0.2, 0.25) is 5.02 Å². The van der Waals surface area contributed by atoms with Gasteiger partial charge in [-0.2, -0.15) is 0 Å². The normalized spacial score (nSPS) is 10.2. The Labute approximate surface area is 115 Å². The van der Waals surface area contributed by atoms with Crippen LogP contribution in [0.15, 0.2) is 42.5 Å². The smallest absolute Gasteiger partial charge is 0.137 e. The second-order valence-electron chi connectivity index (χ2n) is 3.91. The summed E-state index contributed by atoms with van der Waals surface area (Å²) in [5.41, 5.74) is 6.10. The van der Waals surface area contributed by atoms with E-state index >= 15 is 0 Å². The lowest BCUT2D eigenvalue weighted by atomic mass is 10.1. The Morgan fingerprint density at radius 1 is 1.21 bits per heavy atom. The molecule has 2 aromatic carbocycles. The molecule has 0 aliphatic carbocycles. The maximum Gasteiger partial charge on any atom is 0.137 e. The molecular formula is C14H12ClFN2O. The van der Waals surface area contributed by atoms with Gasteiger partial charge >= 0.3 is 0 Å². The van der Waals surface area contributed by atoms with Gasteiger partial charge in [0.15, 0.2) is 0 Å². The molecule has 0 bridgehead atoms. The van der Waals surface area contributed by atoms with Gasteiger partial charge in [-0.05, 0) is 18.2 Å². The molecule has 0 aliphatic rings. The van der Waals surface area contributed by atoms with E-state index in [-0.39, 0.29) is 23.8 Å². The molecule has 0 amide bonds. The third kappa shape index (κ3) is 3.03. The molecule has 0 saturated carbocycles. The second kappa shape index (κ2) is 5.71. The largest absolute Gasteiger partial charge is 0.488 e. The second-order valence-corrected chi connectivity index (χ2v) is 4.31. The molecule has 0 fully saturated rings. The van der Waals surface area contributed by atoms with E-state index in [0.29, 0.717) is 5.02 Å². The number of halogens is 2. The van der Waals surface area contributed by atoms with Crippen molar-refractivity contribution in [2.45, 2.75) is 6.61 Å². The van der Waals surface area contributed by atoms with Crippen molar-refractivity contribution in [3.05, 3.63) is 64.4 Å². The molecular weight excluding hydrogens is 267 g/mol. The summed E-state index contributed by atoms with van der Waals surface area (Å²) >= 11 is 6.00. The number of nitrogens with one attached hydrogen (secondary N) is 1. The number of benzene rings is 2. The summed E-state index contributed by atoms with van der Waals surface area (Å²) in [6.07, 6.45) is 0. The zero-order chi connectivity index (χ0) is 13.8. The van der Waals surface area contributed by atoms with Crippen LogP contribution in [0.5, 0.6) is 5.75 Å². The predicted octanol–water partition coefficient (Wildman–Crippen LogP) is 3.34. The minimum atomic E-state index is -0.579. The third-order valence-electron chi connectivity index (χ3n) is 2.59. The van der Waals surface area contributed by atoms with Crippen LogP contribution in [0, 0.1) is 11.2 Å². The summed E-state index contributed by atoms with van der Waals surface area (Å²) in [7, 11) is 0. The van der Waals surface area contributed by atoms with Gasteiger partial charge in [0.1, 0.15) is 24.0 Å². The number of rotatable bonds is 4. The van der Waals surface area contributed by atoms with E-state index in [2.05, 4.69) is 0 Å². The lowest BCUT2D eigenvalue weighted by molar-refractivity contribution is 0.304. The highest BCUT2D eigenvalue weighted by molar-refractivity contribution is 6.31. The topological polar surface area (TPSA) is 59.1 Å². The van der Waals surface area contributed by atoms with Crippen LogP contribution in [0.4, 0.5) is 4.39 Å². The van der Waals surface area contributed by atoms with Crippen LogP contribution in [0.3, 0.4) is 0 Å². The van der Waals surface area contributed by atoms with E-state index in [9.17, 15) is 4.39 Å². The van der Waals surface area contributed by atoms with Crippen LogP contribution in [0.1, 0.15) is 11.1 Å². The number of nitrogens with two attached hydrogens (primary N) is 1. The van der Waals surface area contributed by atoms with Crippen LogP contribution in [-0.4, -0.2) is 5.84 Å². The van der Waals surface area contributed by atoms with E-state index in [4.69, 9.17) is 27.5 Å². The Morgan fingerprint density at radius 2 is 1.95 bits per heavy atom. The number of hydrogen-bond donors (Lipinski definition) is 2. The number of amidine groups is 1. The monoisotopic (exact) mass is 278 g/mol. The average Bonchev–Trinajstić information content (AvgIpc) is 2.37. The molecule has 0 radical (unpaired) electrons. The maximum atomic E-state index is 13.6. The summed E-state index contributed by atoms with van der Waals surface area (Å²) in [6, 6.07) is 11.5. The van der Waals surface area contributed by atoms with Crippen molar-refractivity contribution in [3.63, 3.8) is 0 Å². The van der Waals surface area contributed by atoms with Crippen molar-refractivity contribution < 1.29 is 9.13 Å². The van der Waals surface area contributed by atoms with E-state index < -0.39 is 5.82 Å². The molecule has 0 aliphatic heterocycles. The van der Waals surface area contributed by atoms with Crippen molar-refractivity contribution in [3.8, 4) is 5.75 Å². The minimum Gasteiger partial charge on any atom is -0.488 e. The average molecular weight is 279 g/mol. The zero-order valence-corrected chi connectivity index (χ0v) is 10.7. The molecule has 5 heteroatoms. The Bertz CT molecular complexity index is 616. The minimum absolute atomic E-state index is 0.0328. The zero-order valence-electron chi connectivity index (χ0n) is 9.99. The van der Waals surface area contributed by atoms with E-state index in [1.54, 1.807) is 12.1 Å². The Kier molecular flexibility index (Phi) is 4.02. The molecule has 0 spiro atoms. The highest BCUT2D eigenvalue weighted by Crippen LogP contribution is 2.23. The summed E-state index contributed by atoms with van der Waals surface area (Å²) < 4.78 is 19.1. The van der Waals surface area contributed by atoms with Crippen molar-refractivity contribution in [1.29, 1.82) is 5.41 Å². The fourth-order valence-corrected chi connectivity index (χ4v) is 1.85. The van der Waals surface area contributed by atoms with Gasteiger partial charge in [0, 0.05) is 10.6 Å². The van der Waals surface area contributed by atoms with Crippen molar-refractivity contribution in [1.82, 2.24) is 0 Å². The molecule has 0 heterocycles. The first-order valence-corrected chi connectivity index (χ1v) is 5.96. The van der Waals surface area contributed by atoms with E-state index in [0.717, 1.165) is 5.56 Å². The first-order chi connectivity index (χ1) is 9.09. The molecule has 2 rings (SSSR count). The first kappa shape index (κ1) is 13.4. The Hall–Kier alpha value is -2.07. The van der Waals surface area contributed by atoms with Gasteiger partial charge in [0.2, 0.25) is 0 Å². The molecule has 3 N–H and O–H groups in total. The molecule has 0 aromatic heterocycles. The standard InChI is InChI=1S/C14H12ClFN2O/c15-10-5-2-1-4-9(10)8-19-12-7-3-6-11(16)13(12)14(17)18/h1-7H,8H2,(H3,17,18). The van der Waals surface area contributed by atoms with Gasteiger partial charge in [-0.25, -0.2) is 4.39 Å². The molecule has 98 valence electrons. The van der Waals surface area contributed by atoms with Gasteiger partial charge in [0.25, 0.3) is 0 Å². The van der Waals surface area contributed by atoms with Crippen LogP contribution < -0.4 is 10.5 Å². The van der Waals surface area contributed by atoms with E-state index in [1.807, 2.05) is 18.2 Å². The van der Waals surface area contributed by atoms with Crippen LogP contribution >= 0.6 is 11.6 Å². The SMILES string of the molecule is N=C(N)c1c(F)cccc1OCc1ccccc1Cl. The third-order valence-corrected chi connectivity index (χ3v) is 2.95. The lowest BCUT2D eigenvalue weighted by Gasteiger charge is -2.12. The molecule has 19 heavy (non-hydrogen) atoms.